The zero-order valence-electron chi connectivity index (χ0n) is 15.5. The molecule has 0 aromatic heterocycles. The third kappa shape index (κ3) is 5.79. The first-order valence-corrected chi connectivity index (χ1v) is 8.65. The van der Waals surface area contributed by atoms with Crippen molar-refractivity contribution in [2.75, 3.05) is 20.2 Å². The average Bonchev–Trinajstić information content (AvgIpc) is 2.61. The van der Waals surface area contributed by atoms with E-state index in [9.17, 15) is 4.79 Å². The van der Waals surface area contributed by atoms with E-state index < -0.39 is 0 Å². The van der Waals surface area contributed by atoms with Gasteiger partial charge in [0.25, 0.3) is 5.91 Å². The van der Waals surface area contributed by atoms with E-state index >= 15 is 0 Å². The summed E-state index contributed by atoms with van der Waals surface area (Å²) in [7, 11) is 1.61. The van der Waals surface area contributed by atoms with Gasteiger partial charge in [-0.1, -0.05) is 61.9 Å². The topological polar surface area (TPSA) is 29.5 Å². The smallest absolute Gasteiger partial charge is 0.254 e. The van der Waals surface area contributed by atoms with Crippen molar-refractivity contribution < 1.29 is 9.53 Å². The Balaban J connectivity index is 2.20. The molecule has 0 saturated heterocycles. The van der Waals surface area contributed by atoms with Crippen LogP contribution in [-0.4, -0.2) is 31.0 Å². The van der Waals surface area contributed by atoms with Gasteiger partial charge in [0.1, 0.15) is 5.75 Å². The molecule has 0 heterocycles. The number of methoxy groups -OCH3 is 1. The fourth-order valence-corrected chi connectivity index (χ4v) is 2.78. The molecule has 25 heavy (non-hydrogen) atoms. The van der Waals surface area contributed by atoms with Gasteiger partial charge in [-0.15, -0.1) is 0 Å². The van der Waals surface area contributed by atoms with Crippen LogP contribution < -0.4 is 4.74 Å². The van der Waals surface area contributed by atoms with E-state index in [1.807, 2.05) is 41.3 Å². The van der Waals surface area contributed by atoms with Gasteiger partial charge in [-0.05, 0) is 36.6 Å². The molecule has 0 aliphatic rings. The van der Waals surface area contributed by atoms with Crippen LogP contribution in [0.2, 0.25) is 0 Å². The van der Waals surface area contributed by atoms with E-state index in [-0.39, 0.29) is 5.91 Å². The summed E-state index contributed by atoms with van der Waals surface area (Å²) in [5, 5.41) is 0. The summed E-state index contributed by atoms with van der Waals surface area (Å²) in [4.78, 5) is 14.9. The van der Waals surface area contributed by atoms with Gasteiger partial charge in [-0.2, -0.15) is 0 Å². The van der Waals surface area contributed by atoms with Crippen LogP contribution in [0.1, 0.15) is 36.7 Å². The fraction of sp³-hybridized carbons (Fsp3) is 0.318. The van der Waals surface area contributed by atoms with Gasteiger partial charge >= 0.3 is 0 Å². The molecule has 2 rings (SSSR count). The molecule has 0 radical (unpaired) electrons. The maximum atomic E-state index is 13.0. The number of ether oxygens (including phenoxy) is 1. The van der Waals surface area contributed by atoms with E-state index in [0.29, 0.717) is 23.8 Å². The Morgan fingerprint density at radius 3 is 2.48 bits per heavy atom. The molecule has 0 aliphatic heterocycles. The summed E-state index contributed by atoms with van der Waals surface area (Å²) in [6.07, 6.45) is 2.13. The highest BCUT2D eigenvalue weighted by atomic mass is 16.5. The van der Waals surface area contributed by atoms with Crippen molar-refractivity contribution >= 4 is 12.0 Å². The Labute approximate surface area is 150 Å². The Morgan fingerprint density at radius 1 is 1.12 bits per heavy atom. The number of rotatable bonds is 7. The zero-order valence-corrected chi connectivity index (χ0v) is 15.5. The first-order chi connectivity index (χ1) is 12.0. The van der Waals surface area contributed by atoms with Crippen LogP contribution in [0.3, 0.4) is 0 Å². The molecule has 0 saturated carbocycles. The summed E-state index contributed by atoms with van der Waals surface area (Å²) in [6.45, 7) is 7.66. The first kappa shape index (κ1) is 18.8. The molecule has 0 N–H and O–H groups in total. The number of carbonyl (C=O) groups excluding carboxylic acids is 1. The lowest BCUT2D eigenvalue weighted by Crippen LogP contribution is -2.35. The molecule has 0 bridgehead atoms. The Morgan fingerprint density at radius 2 is 1.84 bits per heavy atom. The van der Waals surface area contributed by atoms with Crippen LogP contribution in [0.25, 0.3) is 6.08 Å². The molecule has 0 spiro atoms. The van der Waals surface area contributed by atoms with Crippen LogP contribution in [-0.2, 0) is 0 Å². The minimum Gasteiger partial charge on any atom is -0.497 e. The molecule has 132 valence electrons. The molecule has 2 aromatic rings. The molecular formula is C22H27NO2. The summed E-state index contributed by atoms with van der Waals surface area (Å²) in [5.41, 5.74) is 2.97. The van der Waals surface area contributed by atoms with E-state index in [2.05, 4.69) is 39.0 Å². The molecule has 1 amide bonds. The van der Waals surface area contributed by atoms with Crippen molar-refractivity contribution in [2.24, 2.45) is 5.92 Å². The van der Waals surface area contributed by atoms with E-state index in [1.165, 1.54) is 0 Å². The third-order valence-corrected chi connectivity index (χ3v) is 3.84. The molecule has 3 nitrogen and oxygen atoms in total. The van der Waals surface area contributed by atoms with Gasteiger partial charge in [0.05, 0.1) is 7.11 Å². The minimum atomic E-state index is 0.0356. The van der Waals surface area contributed by atoms with Crippen molar-refractivity contribution in [2.45, 2.75) is 20.8 Å². The number of benzene rings is 2. The second-order valence-corrected chi connectivity index (χ2v) is 6.71. The highest BCUT2D eigenvalue weighted by molar-refractivity contribution is 5.94. The SMILES string of the molecule is COc1cccc(C(=O)N(C/C(C)=C/c2ccccc2)CC(C)C)c1. The third-order valence-electron chi connectivity index (χ3n) is 3.84. The summed E-state index contributed by atoms with van der Waals surface area (Å²) < 4.78 is 5.24. The van der Waals surface area contributed by atoms with Crippen molar-refractivity contribution in [1.82, 2.24) is 4.90 Å². The van der Waals surface area contributed by atoms with Crippen molar-refractivity contribution in [3.63, 3.8) is 0 Å². The standard InChI is InChI=1S/C22H27NO2/c1-17(2)15-23(16-18(3)13-19-9-6-5-7-10-19)22(24)20-11-8-12-21(14-20)25-4/h5-14,17H,15-16H2,1-4H3/b18-13+. The van der Waals surface area contributed by atoms with Crippen LogP contribution in [0, 0.1) is 5.92 Å². The van der Waals surface area contributed by atoms with Gasteiger partial charge in [0.15, 0.2) is 0 Å². The molecule has 0 atom stereocenters. The molecule has 2 aromatic carbocycles. The lowest BCUT2D eigenvalue weighted by Gasteiger charge is -2.25. The lowest BCUT2D eigenvalue weighted by molar-refractivity contribution is 0.0752. The van der Waals surface area contributed by atoms with Crippen molar-refractivity contribution in [3.05, 3.63) is 71.3 Å². The fourth-order valence-electron chi connectivity index (χ4n) is 2.78. The quantitative estimate of drug-likeness (QED) is 0.719. The minimum absolute atomic E-state index is 0.0356. The van der Waals surface area contributed by atoms with Crippen molar-refractivity contribution in [3.8, 4) is 5.75 Å². The normalized spacial score (nSPS) is 11.5. The molecule has 3 heteroatoms. The number of nitrogens with zero attached hydrogens (tertiary/aromatic N) is 1. The number of amides is 1. The largest absolute Gasteiger partial charge is 0.497 e. The predicted octanol–water partition coefficient (Wildman–Crippen LogP) is 4.90. The Bertz CT molecular complexity index is 720. The second kappa shape index (κ2) is 9.07. The van der Waals surface area contributed by atoms with E-state index in [0.717, 1.165) is 17.7 Å². The van der Waals surface area contributed by atoms with Crippen LogP contribution in [0.4, 0.5) is 0 Å². The summed E-state index contributed by atoms with van der Waals surface area (Å²) >= 11 is 0. The molecule has 0 aliphatic carbocycles. The molecule has 0 unspecified atom stereocenters. The van der Waals surface area contributed by atoms with Crippen LogP contribution >= 0.6 is 0 Å². The van der Waals surface area contributed by atoms with E-state index in [4.69, 9.17) is 4.74 Å². The van der Waals surface area contributed by atoms with Gasteiger partial charge < -0.3 is 9.64 Å². The summed E-state index contributed by atoms with van der Waals surface area (Å²) in [5.74, 6) is 1.14. The first-order valence-electron chi connectivity index (χ1n) is 8.65. The van der Waals surface area contributed by atoms with Crippen LogP contribution in [0.15, 0.2) is 60.2 Å². The predicted molar refractivity (Wildman–Crippen MR) is 104 cm³/mol. The summed E-state index contributed by atoms with van der Waals surface area (Å²) in [6, 6.07) is 17.5. The Hall–Kier alpha value is -2.55. The van der Waals surface area contributed by atoms with Gasteiger partial charge in [-0.25, -0.2) is 0 Å². The van der Waals surface area contributed by atoms with Gasteiger partial charge in [0.2, 0.25) is 0 Å². The van der Waals surface area contributed by atoms with Crippen molar-refractivity contribution in [1.29, 1.82) is 0 Å². The maximum Gasteiger partial charge on any atom is 0.254 e. The van der Waals surface area contributed by atoms with E-state index in [1.54, 1.807) is 13.2 Å². The molecule has 0 fully saturated rings. The number of hydrogen-bond donors (Lipinski definition) is 0. The average molecular weight is 337 g/mol. The van der Waals surface area contributed by atoms with Gasteiger partial charge in [-0.3, -0.25) is 4.79 Å². The lowest BCUT2D eigenvalue weighted by atomic mass is 10.1. The monoisotopic (exact) mass is 337 g/mol. The number of hydrogen-bond acceptors (Lipinski definition) is 2. The molecular weight excluding hydrogens is 310 g/mol. The highest BCUT2D eigenvalue weighted by Gasteiger charge is 2.17. The maximum absolute atomic E-state index is 13.0. The highest BCUT2D eigenvalue weighted by Crippen LogP contribution is 2.17. The number of carbonyl (C=O) groups is 1. The zero-order chi connectivity index (χ0) is 18.2. The second-order valence-electron chi connectivity index (χ2n) is 6.71. The van der Waals surface area contributed by atoms with Crippen LogP contribution in [0.5, 0.6) is 5.75 Å². The van der Waals surface area contributed by atoms with Gasteiger partial charge in [0, 0.05) is 18.7 Å². The Kier molecular flexibility index (Phi) is 6.81.